The van der Waals surface area contributed by atoms with Crippen LogP contribution in [0.4, 0.5) is 0 Å². The number of likely N-dealkylation sites (N-methyl/N-ethyl adjacent to an activating group) is 1. The van der Waals surface area contributed by atoms with Gasteiger partial charge in [0.1, 0.15) is 0 Å². The lowest BCUT2D eigenvalue weighted by Gasteiger charge is -2.09. The van der Waals surface area contributed by atoms with Gasteiger partial charge in [0.15, 0.2) is 0 Å². The molecule has 0 aromatic heterocycles. The van der Waals surface area contributed by atoms with Gasteiger partial charge < -0.3 is 5.32 Å². The SMILES string of the molecule is CNCCNS(=O)(=O)c1ccc(C#N)cc1C. The highest BCUT2D eigenvalue weighted by Gasteiger charge is 2.15. The summed E-state index contributed by atoms with van der Waals surface area (Å²) in [6.07, 6.45) is 0. The van der Waals surface area contributed by atoms with Crippen molar-refractivity contribution < 1.29 is 8.42 Å². The Morgan fingerprint density at radius 1 is 1.35 bits per heavy atom. The van der Waals surface area contributed by atoms with Crippen LogP contribution < -0.4 is 10.0 Å². The predicted octanol–water partition coefficient (Wildman–Crippen LogP) is 0.364. The second-order valence-electron chi connectivity index (χ2n) is 3.59. The van der Waals surface area contributed by atoms with Crippen LogP contribution in [0.1, 0.15) is 11.1 Å². The second-order valence-corrected chi connectivity index (χ2v) is 5.33. The minimum atomic E-state index is -3.49. The Bertz CT molecular complexity index is 532. The first-order valence-electron chi connectivity index (χ1n) is 5.16. The number of hydrogen-bond acceptors (Lipinski definition) is 4. The summed E-state index contributed by atoms with van der Waals surface area (Å²) < 4.78 is 26.3. The lowest BCUT2D eigenvalue weighted by Crippen LogP contribution is -2.30. The molecule has 0 bridgehead atoms. The Kier molecular flexibility index (Phi) is 4.63. The number of hydrogen-bond donors (Lipinski definition) is 2. The quantitative estimate of drug-likeness (QED) is 0.743. The monoisotopic (exact) mass is 253 g/mol. The third-order valence-electron chi connectivity index (χ3n) is 2.26. The average molecular weight is 253 g/mol. The number of sulfonamides is 1. The molecule has 1 aromatic carbocycles. The zero-order chi connectivity index (χ0) is 12.9. The van der Waals surface area contributed by atoms with Crippen LogP contribution >= 0.6 is 0 Å². The average Bonchev–Trinajstić information content (AvgIpc) is 2.28. The third kappa shape index (κ3) is 3.53. The Labute approximate surface area is 102 Å². The first kappa shape index (κ1) is 13.6. The van der Waals surface area contributed by atoms with Crippen molar-refractivity contribution in [2.45, 2.75) is 11.8 Å². The molecule has 0 saturated carbocycles. The second kappa shape index (κ2) is 5.77. The summed E-state index contributed by atoms with van der Waals surface area (Å²) >= 11 is 0. The molecule has 0 aliphatic rings. The molecule has 6 heteroatoms. The van der Waals surface area contributed by atoms with E-state index in [-0.39, 0.29) is 4.90 Å². The molecule has 0 fully saturated rings. The maximum Gasteiger partial charge on any atom is 0.240 e. The lowest BCUT2D eigenvalue weighted by atomic mass is 10.2. The van der Waals surface area contributed by atoms with Gasteiger partial charge in [-0.15, -0.1) is 0 Å². The molecule has 17 heavy (non-hydrogen) atoms. The predicted molar refractivity (Wildman–Crippen MR) is 65.0 cm³/mol. The van der Waals surface area contributed by atoms with Crippen molar-refractivity contribution in [3.63, 3.8) is 0 Å². The molecular weight excluding hydrogens is 238 g/mol. The summed E-state index contributed by atoms with van der Waals surface area (Å²) in [4.78, 5) is 0.215. The van der Waals surface area contributed by atoms with E-state index in [9.17, 15) is 8.42 Å². The van der Waals surface area contributed by atoms with Crippen molar-refractivity contribution in [2.75, 3.05) is 20.1 Å². The van der Waals surface area contributed by atoms with E-state index in [2.05, 4.69) is 10.0 Å². The Morgan fingerprint density at radius 3 is 2.59 bits per heavy atom. The highest BCUT2D eigenvalue weighted by atomic mass is 32.2. The summed E-state index contributed by atoms with van der Waals surface area (Å²) in [6, 6.07) is 6.49. The summed E-state index contributed by atoms with van der Waals surface area (Å²) in [6.45, 7) is 2.57. The van der Waals surface area contributed by atoms with Crippen LogP contribution in [0.3, 0.4) is 0 Å². The maximum absolute atomic E-state index is 11.9. The molecule has 0 atom stereocenters. The van der Waals surface area contributed by atoms with Gasteiger partial charge in [0.2, 0.25) is 10.0 Å². The van der Waals surface area contributed by atoms with Crippen LogP contribution in [0.5, 0.6) is 0 Å². The molecular formula is C11H15N3O2S. The third-order valence-corrected chi connectivity index (χ3v) is 3.88. The number of nitrogens with one attached hydrogen (secondary N) is 2. The molecule has 0 unspecified atom stereocenters. The number of rotatable bonds is 5. The van der Waals surface area contributed by atoms with Gasteiger partial charge in [-0.3, -0.25) is 0 Å². The summed E-state index contributed by atoms with van der Waals surface area (Å²) in [5, 5.41) is 11.6. The lowest BCUT2D eigenvalue weighted by molar-refractivity contribution is 0.579. The van der Waals surface area contributed by atoms with Gasteiger partial charge >= 0.3 is 0 Å². The molecule has 1 aromatic rings. The van der Waals surface area contributed by atoms with Gasteiger partial charge in [0.25, 0.3) is 0 Å². The van der Waals surface area contributed by atoms with Crippen molar-refractivity contribution in [1.82, 2.24) is 10.0 Å². The van der Waals surface area contributed by atoms with E-state index in [0.29, 0.717) is 24.2 Å². The minimum Gasteiger partial charge on any atom is -0.318 e. The van der Waals surface area contributed by atoms with E-state index in [0.717, 1.165) is 0 Å². The maximum atomic E-state index is 11.9. The van der Waals surface area contributed by atoms with Crippen LogP contribution in [0.25, 0.3) is 0 Å². The highest BCUT2D eigenvalue weighted by Crippen LogP contribution is 2.15. The molecule has 0 radical (unpaired) electrons. The Balaban J connectivity index is 2.96. The minimum absolute atomic E-state index is 0.215. The van der Waals surface area contributed by atoms with E-state index in [1.807, 2.05) is 6.07 Å². The van der Waals surface area contributed by atoms with Gasteiger partial charge in [-0.05, 0) is 37.7 Å². The molecule has 0 spiro atoms. The van der Waals surface area contributed by atoms with Crippen molar-refractivity contribution in [1.29, 1.82) is 5.26 Å². The van der Waals surface area contributed by atoms with Crippen LogP contribution in [0.15, 0.2) is 23.1 Å². The van der Waals surface area contributed by atoms with Crippen LogP contribution in [0, 0.1) is 18.3 Å². The van der Waals surface area contributed by atoms with E-state index >= 15 is 0 Å². The van der Waals surface area contributed by atoms with E-state index < -0.39 is 10.0 Å². The van der Waals surface area contributed by atoms with Gasteiger partial charge in [-0.2, -0.15) is 5.26 Å². The summed E-state index contributed by atoms with van der Waals surface area (Å²) in [7, 11) is -1.74. The topological polar surface area (TPSA) is 82.0 Å². The van der Waals surface area contributed by atoms with Gasteiger partial charge in [-0.25, -0.2) is 13.1 Å². The van der Waals surface area contributed by atoms with E-state index in [4.69, 9.17) is 5.26 Å². The fourth-order valence-electron chi connectivity index (χ4n) is 1.41. The Morgan fingerprint density at radius 2 is 2.06 bits per heavy atom. The van der Waals surface area contributed by atoms with Crippen LogP contribution in [-0.2, 0) is 10.0 Å². The number of aryl methyl sites for hydroxylation is 1. The van der Waals surface area contributed by atoms with Gasteiger partial charge in [0, 0.05) is 13.1 Å². The Hall–Kier alpha value is -1.42. The number of nitriles is 1. The fraction of sp³-hybridized carbons (Fsp3) is 0.364. The van der Waals surface area contributed by atoms with E-state index in [1.165, 1.54) is 12.1 Å². The molecule has 0 heterocycles. The first-order chi connectivity index (χ1) is 8.01. The summed E-state index contributed by atoms with van der Waals surface area (Å²) in [5.74, 6) is 0. The first-order valence-corrected chi connectivity index (χ1v) is 6.64. The molecule has 0 saturated heterocycles. The standard InChI is InChI=1S/C11H15N3O2S/c1-9-7-10(8-12)3-4-11(9)17(15,16)14-6-5-13-2/h3-4,7,13-14H,5-6H2,1-2H3. The molecule has 5 nitrogen and oxygen atoms in total. The molecule has 0 amide bonds. The number of benzene rings is 1. The van der Waals surface area contributed by atoms with Crippen LogP contribution in [0.2, 0.25) is 0 Å². The molecule has 2 N–H and O–H groups in total. The molecule has 0 aliphatic carbocycles. The zero-order valence-corrected chi connectivity index (χ0v) is 10.6. The molecule has 92 valence electrons. The highest BCUT2D eigenvalue weighted by molar-refractivity contribution is 7.89. The molecule has 0 aliphatic heterocycles. The summed E-state index contributed by atoms with van der Waals surface area (Å²) in [5.41, 5.74) is 1.03. The van der Waals surface area contributed by atoms with Crippen molar-refractivity contribution in [3.05, 3.63) is 29.3 Å². The number of nitrogens with zero attached hydrogens (tertiary/aromatic N) is 1. The van der Waals surface area contributed by atoms with Crippen LogP contribution in [-0.4, -0.2) is 28.6 Å². The molecule has 1 rings (SSSR count). The van der Waals surface area contributed by atoms with Gasteiger partial charge in [-0.1, -0.05) is 0 Å². The smallest absolute Gasteiger partial charge is 0.240 e. The zero-order valence-electron chi connectivity index (χ0n) is 9.82. The largest absolute Gasteiger partial charge is 0.318 e. The van der Waals surface area contributed by atoms with Gasteiger partial charge in [0.05, 0.1) is 16.5 Å². The van der Waals surface area contributed by atoms with E-state index in [1.54, 1.807) is 20.0 Å². The van der Waals surface area contributed by atoms with Crippen molar-refractivity contribution >= 4 is 10.0 Å². The van der Waals surface area contributed by atoms with Crippen molar-refractivity contribution in [3.8, 4) is 6.07 Å². The normalized spacial score (nSPS) is 11.1. The fourth-order valence-corrected chi connectivity index (χ4v) is 2.66. The van der Waals surface area contributed by atoms with Crippen molar-refractivity contribution in [2.24, 2.45) is 0 Å².